The van der Waals surface area contributed by atoms with Gasteiger partial charge in [-0.1, -0.05) is 5.16 Å². The number of benzene rings is 1. The van der Waals surface area contributed by atoms with Gasteiger partial charge in [-0.3, -0.25) is 0 Å². The smallest absolute Gasteiger partial charge is 0.358 e. The lowest BCUT2D eigenvalue weighted by molar-refractivity contribution is 0.0686. The van der Waals surface area contributed by atoms with Gasteiger partial charge < -0.3 is 9.63 Å². The number of carboxylic acid groups (broad SMARTS) is 1. The van der Waals surface area contributed by atoms with E-state index in [9.17, 15) is 13.6 Å². The average molecular weight is 239 g/mol. The molecule has 4 nitrogen and oxygen atoms in total. The monoisotopic (exact) mass is 239 g/mol. The summed E-state index contributed by atoms with van der Waals surface area (Å²) in [5.74, 6) is -2.75. The third-order valence-electron chi connectivity index (χ3n) is 2.30. The zero-order valence-corrected chi connectivity index (χ0v) is 8.70. The number of nitrogens with zero attached hydrogens (tertiary/aromatic N) is 1. The van der Waals surface area contributed by atoms with E-state index in [4.69, 9.17) is 9.63 Å². The van der Waals surface area contributed by atoms with Crippen molar-refractivity contribution in [2.75, 3.05) is 0 Å². The highest BCUT2D eigenvalue weighted by molar-refractivity contribution is 5.86. The number of rotatable bonds is 2. The molecule has 0 spiro atoms. The highest BCUT2D eigenvalue weighted by atomic mass is 19.1. The second kappa shape index (κ2) is 3.97. The minimum atomic E-state index is -1.27. The fourth-order valence-electron chi connectivity index (χ4n) is 1.40. The molecule has 0 unspecified atom stereocenters. The van der Waals surface area contributed by atoms with Crippen molar-refractivity contribution in [1.82, 2.24) is 5.16 Å². The van der Waals surface area contributed by atoms with Gasteiger partial charge in [-0.15, -0.1) is 0 Å². The zero-order valence-electron chi connectivity index (χ0n) is 8.70. The van der Waals surface area contributed by atoms with Crippen molar-refractivity contribution in [3.8, 4) is 11.3 Å². The zero-order chi connectivity index (χ0) is 12.6. The maximum Gasteiger partial charge on any atom is 0.358 e. The summed E-state index contributed by atoms with van der Waals surface area (Å²) in [5.41, 5.74) is -0.00828. The molecule has 0 fully saturated rings. The lowest BCUT2D eigenvalue weighted by Gasteiger charge is -2.02. The Bertz CT molecular complexity index is 592. The van der Waals surface area contributed by atoms with Crippen LogP contribution in [0.2, 0.25) is 0 Å². The predicted octanol–water partition coefficient (Wildman–Crippen LogP) is 2.63. The number of carbonyl (C=O) groups is 1. The summed E-state index contributed by atoms with van der Waals surface area (Å²) >= 11 is 0. The van der Waals surface area contributed by atoms with Crippen LogP contribution in [0.4, 0.5) is 8.78 Å². The van der Waals surface area contributed by atoms with E-state index in [0.29, 0.717) is 0 Å². The topological polar surface area (TPSA) is 63.3 Å². The molecule has 1 aromatic carbocycles. The van der Waals surface area contributed by atoms with E-state index in [0.717, 1.165) is 18.2 Å². The number of halogens is 2. The summed E-state index contributed by atoms with van der Waals surface area (Å²) in [6.45, 7) is 1.44. The Morgan fingerprint density at radius 3 is 2.65 bits per heavy atom. The van der Waals surface area contributed by atoms with Gasteiger partial charge in [0.25, 0.3) is 0 Å². The van der Waals surface area contributed by atoms with Crippen molar-refractivity contribution < 1.29 is 23.2 Å². The average Bonchev–Trinajstić information content (AvgIpc) is 2.72. The fraction of sp³-hybridized carbons (Fsp3) is 0.0909. The third-order valence-corrected chi connectivity index (χ3v) is 2.30. The Kier molecular flexibility index (Phi) is 2.63. The van der Waals surface area contributed by atoms with Crippen LogP contribution in [0.25, 0.3) is 11.3 Å². The molecule has 0 aliphatic heterocycles. The molecule has 6 heteroatoms. The predicted molar refractivity (Wildman–Crippen MR) is 53.6 cm³/mol. The first kappa shape index (κ1) is 11.3. The van der Waals surface area contributed by atoms with Crippen molar-refractivity contribution in [2.24, 2.45) is 0 Å². The minimum Gasteiger partial charge on any atom is -0.476 e. The van der Waals surface area contributed by atoms with Crippen molar-refractivity contribution in [2.45, 2.75) is 6.92 Å². The molecular formula is C11H7F2NO3. The highest BCUT2D eigenvalue weighted by Crippen LogP contribution is 2.27. The molecule has 1 heterocycles. The molecule has 0 atom stereocenters. The van der Waals surface area contributed by atoms with Crippen LogP contribution in [-0.4, -0.2) is 16.2 Å². The summed E-state index contributed by atoms with van der Waals surface area (Å²) in [7, 11) is 0. The standard InChI is InChI=1S/C11H7F2NO3/c1-5-7(2-6(12)3-8(5)13)10-4-9(11(15)16)14-17-10/h2-4H,1H3,(H,15,16). The molecule has 2 aromatic rings. The van der Waals surface area contributed by atoms with Crippen molar-refractivity contribution in [3.63, 3.8) is 0 Å². The first-order valence-electron chi connectivity index (χ1n) is 4.65. The molecule has 0 aliphatic carbocycles. The summed E-state index contributed by atoms with van der Waals surface area (Å²) in [5, 5.41) is 11.9. The van der Waals surface area contributed by atoms with Crippen molar-refractivity contribution >= 4 is 5.97 Å². The summed E-state index contributed by atoms with van der Waals surface area (Å²) in [6.07, 6.45) is 0. The third kappa shape index (κ3) is 2.01. The number of hydrogen-bond acceptors (Lipinski definition) is 3. The summed E-state index contributed by atoms with van der Waals surface area (Å²) < 4.78 is 31.1. The van der Waals surface area contributed by atoms with Crippen LogP contribution < -0.4 is 0 Å². The van der Waals surface area contributed by atoms with Gasteiger partial charge in [0.1, 0.15) is 11.6 Å². The molecule has 0 saturated carbocycles. The van der Waals surface area contributed by atoms with E-state index in [1.165, 1.54) is 6.92 Å². The molecule has 88 valence electrons. The van der Waals surface area contributed by atoms with Gasteiger partial charge in [-0.2, -0.15) is 0 Å². The Morgan fingerprint density at radius 2 is 2.06 bits per heavy atom. The highest BCUT2D eigenvalue weighted by Gasteiger charge is 2.16. The lowest BCUT2D eigenvalue weighted by Crippen LogP contribution is -1.94. The van der Waals surface area contributed by atoms with Gasteiger partial charge in [-0.05, 0) is 18.6 Å². The second-order valence-corrected chi connectivity index (χ2v) is 3.44. The fourth-order valence-corrected chi connectivity index (χ4v) is 1.40. The van der Waals surface area contributed by atoms with Crippen molar-refractivity contribution in [1.29, 1.82) is 0 Å². The largest absolute Gasteiger partial charge is 0.476 e. The molecule has 0 radical (unpaired) electrons. The molecule has 0 amide bonds. The van der Waals surface area contributed by atoms with Gasteiger partial charge in [0.2, 0.25) is 0 Å². The summed E-state index contributed by atoms with van der Waals surface area (Å²) in [6, 6.07) is 2.92. The lowest BCUT2D eigenvalue weighted by atomic mass is 10.1. The van der Waals surface area contributed by atoms with Crippen LogP contribution in [0, 0.1) is 18.6 Å². The SMILES string of the molecule is Cc1c(F)cc(F)cc1-c1cc(C(=O)O)no1. The minimum absolute atomic E-state index is 0.0123. The van der Waals surface area contributed by atoms with Crippen LogP contribution in [0.5, 0.6) is 0 Å². The van der Waals surface area contributed by atoms with Gasteiger partial charge in [0.15, 0.2) is 11.5 Å². The summed E-state index contributed by atoms with van der Waals surface area (Å²) in [4.78, 5) is 10.6. The number of aromatic nitrogens is 1. The van der Waals surface area contributed by atoms with E-state index in [2.05, 4.69) is 5.16 Å². The van der Waals surface area contributed by atoms with Gasteiger partial charge in [-0.25, -0.2) is 13.6 Å². The molecule has 0 bridgehead atoms. The van der Waals surface area contributed by atoms with Crippen LogP contribution in [0.1, 0.15) is 16.1 Å². The first-order chi connectivity index (χ1) is 7.99. The molecule has 0 saturated heterocycles. The molecule has 2 rings (SSSR count). The number of hydrogen-bond donors (Lipinski definition) is 1. The normalized spacial score (nSPS) is 10.5. The Morgan fingerprint density at radius 1 is 1.35 bits per heavy atom. The van der Waals surface area contributed by atoms with E-state index in [1.807, 2.05) is 0 Å². The Balaban J connectivity index is 2.56. The Hall–Kier alpha value is -2.24. The van der Waals surface area contributed by atoms with Crippen LogP contribution in [0.3, 0.4) is 0 Å². The Labute approximate surface area is 94.5 Å². The maximum atomic E-state index is 13.3. The van der Waals surface area contributed by atoms with Gasteiger partial charge >= 0.3 is 5.97 Å². The van der Waals surface area contributed by atoms with Crippen molar-refractivity contribution in [3.05, 3.63) is 41.1 Å². The van der Waals surface area contributed by atoms with Crippen LogP contribution in [0.15, 0.2) is 22.7 Å². The second-order valence-electron chi connectivity index (χ2n) is 3.44. The molecule has 0 aliphatic rings. The quantitative estimate of drug-likeness (QED) is 0.874. The molecule has 1 N–H and O–H groups in total. The first-order valence-corrected chi connectivity index (χ1v) is 4.65. The number of carboxylic acids is 1. The maximum absolute atomic E-state index is 13.3. The molecule has 17 heavy (non-hydrogen) atoms. The van der Waals surface area contributed by atoms with E-state index in [-0.39, 0.29) is 22.6 Å². The molecule has 1 aromatic heterocycles. The molecular weight excluding hydrogens is 232 g/mol. The van der Waals surface area contributed by atoms with Gasteiger partial charge in [0, 0.05) is 17.7 Å². The van der Waals surface area contributed by atoms with Crippen LogP contribution >= 0.6 is 0 Å². The van der Waals surface area contributed by atoms with Gasteiger partial charge in [0.05, 0.1) is 0 Å². The van der Waals surface area contributed by atoms with E-state index < -0.39 is 17.6 Å². The number of aromatic carboxylic acids is 1. The van der Waals surface area contributed by atoms with E-state index in [1.54, 1.807) is 0 Å². The van der Waals surface area contributed by atoms with E-state index >= 15 is 0 Å². The van der Waals surface area contributed by atoms with Crippen LogP contribution in [-0.2, 0) is 0 Å².